The standard InChI is InChI=1S/C19H23F2N3O2.ClH/c1-2-25-18-10-14(5-6-17(18)26-19(20)21)13-24-9-8-23-12-16(24)15-4-3-7-22-11-15;/h3-7,10-11,16,19,23H,2,8-9,12-13H2,1H3;1H. The largest absolute Gasteiger partial charge is 0.490 e. The number of hydrogen-bond acceptors (Lipinski definition) is 5. The number of halogens is 3. The molecule has 3 rings (SSSR count). The van der Waals surface area contributed by atoms with Crippen molar-refractivity contribution in [2.75, 3.05) is 26.2 Å². The molecule has 27 heavy (non-hydrogen) atoms. The molecule has 1 aromatic carbocycles. The number of nitrogens with zero attached hydrogens (tertiary/aromatic N) is 2. The Bertz CT molecular complexity index is 707. The quantitative estimate of drug-likeness (QED) is 0.770. The number of rotatable bonds is 7. The fourth-order valence-corrected chi connectivity index (χ4v) is 3.18. The third kappa shape index (κ3) is 5.76. The normalized spacial score (nSPS) is 17.4. The van der Waals surface area contributed by atoms with E-state index in [1.54, 1.807) is 18.3 Å². The van der Waals surface area contributed by atoms with E-state index in [0.717, 1.165) is 30.8 Å². The second-order valence-electron chi connectivity index (χ2n) is 6.07. The van der Waals surface area contributed by atoms with Crippen LogP contribution >= 0.6 is 12.4 Å². The van der Waals surface area contributed by atoms with Crippen LogP contribution in [0.5, 0.6) is 11.5 Å². The van der Waals surface area contributed by atoms with E-state index in [-0.39, 0.29) is 24.2 Å². The summed E-state index contributed by atoms with van der Waals surface area (Å²) in [5.74, 6) is 0.410. The number of aromatic nitrogens is 1. The highest BCUT2D eigenvalue weighted by atomic mass is 35.5. The molecule has 1 aromatic heterocycles. The maximum atomic E-state index is 12.6. The molecule has 5 nitrogen and oxygen atoms in total. The minimum Gasteiger partial charge on any atom is -0.490 e. The summed E-state index contributed by atoms with van der Waals surface area (Å²) in [6.45, 7) is 2.65. The van der Waals surface area contributed by atoms with Gasteiger partial charge in [-0.2, -0.15) is 8.78 Å². The van der Waals surface area contributed by atoms with E-state index >= 15 is 0 Å². The molecule has 1 aliphatic heterocycles. The average Bonchev–Trinajstić information content (AvgIpc) is 2.65. The van der Waals surface area contributed by atoms with Crippen molar-refractivity contribution in [1.82, 2.24) is 15.2 Å². The number of alkyl halides is 2. The number of pyridine rings is 1. The zero-order valence-corrected chi connectivity index (χ0v) is 15.9. The van der Waals surface area contributed by atoms with Crippen LogP contribution < -0.4 is 14.8 Å². The summed E-state index contributed by atoms with van der Waals surface area (Å²) in [6, 6.07) is 9.36. The lowest BCUT2D eigenvalue weighted by molar-refractivity contribution is -0.0514. The van der Waals surface area contributed by atoms with Crippen LogP contribution in [0.1, 0.15) is 24.1 Å². The Labute approximate surface area is 164 Å². The summed E-state index contributed by atoms with van der Waals surface area (Å²) < 4.78 is 35.1. The van der Waals surface area contributed by atoms with Crippen LogP contribution in [0.3, 0.4) is 0 Å². The Kier molecular flexibility index (Phi) is 8.22. The van der Waals surface area contributed by atoms with Gasteiger partial charge in [-0.3, -0.25) is 9.88 Å². The Hall–Kier alpha value is -1.96. The van der Waals surface area contributed by atoms with Gasteiger partial charge in [-0.05, 0) is 36.2 Å². The van der Waals surface area contributed by atoms with Crippen molar-refractivity contribution < 1.29 is 18.3 Å². The van der Waals surface area contributed by atoms with Crippen LogP contribution in [-0.4, -0.2) is 42.7 Å². The topological polar surface area (TPSA) is 46.6 Å². The van der Waals surface area contributed by atoms with Gasteiger partial charge in [-0.1, -0.05) is 12.1 Å². The predicted molar refractivity (Wildman–Crippen MR) is 102 cm³/mol. The van der Waals surface area contributed by atoms with Crippen LogP contribution in [-0.2, 0) is 6.54 Å². The summed E-state index contributed by atoms with van der Waals surface area (Å²) in [5.41, 5.74) is 2.15. The fraction of sp³-hybridized carbons (Fsp3) is 0.421. The highest BCUT2D eigenvalue weighted by Gasteiger charge is 2.24. The Morgan fingerprint density at radius 3 is 2.85 bits per heavy atom. The van der Waals surface area contributed by atoms with Gasteiger partial charge in [-0.15, -0.1) is 12.4 Å². The molecule has 1 fully saturated rings. The van der Waals surface area contributed by atoms with Crippen molar-refractivity contribution in [3.63, 3.8) is 0 Å². The molecule has 1 saturated heterocycles. The van der Waals surface area contributed by atoms with E-state index in [9.17, 15) is 8.78 Å². The SMILES string of the molecule is CCOc1cc(CN2CCNCC2c2cccnc2)ccc1OC(F)F.Cl. The van der Waals surface area contributed by atoms with E-state index in [2.05, 4.69) is 26.0 Å². The minimum atomic E-state index is -2.87. The molecule has 0 bridgehead atoms. The average molecular weight is 400 g/mol. The van der Waals surface area contributed by atoms with Gasteiger partial charge >= 0.3 is 6.61 Å². The fourth-order valence-electron chi connectivity index (χ4n) is 3.18. The number of ether oxygens (including phenoxy) is 2. The summed E-state index contributed by atoms with van der Waals surface area (Å²) in [4.78, 5) is 6.57. The van der Waals surface area contributed by atoms with Crippen molar-refractivity contribution in [3.05, 3.63) is 53.9 Å². The minimum absolute atomic E-state index is 0. The molecule has 148 valence electrons. The van der Waals surface area contributed by atoms with Crippen molar-refractivity contribution in [1.29, 1.82) is 0 Å². The second kappa shape index (κ2) is 10.4. The number of benzene rings is 1. The maximum absolute atomic E-state index is 12.6. The summed E-state index contributed by atoms with van der Waals surface area (Å²) in [5, 5.41) is 3.41. The first-order chi connectivity index (χ1) is 12.7. The molecular formula is C19H24ClF2N3O2. The second-order valence-corrected chi connectivity index (χ2v) is 6.07. The molecule has 0 saturated carbocycles. The first kappa shape index (κ1) is 21.3. The van der Waals surface area contributed by atoms with Gasteiger partial charge in [-0.25, -0.2) is 0 Å². The number of piperazine rings is 1. The van der Waals surface area contributed by atoms with Gasteiger partial charge in [0.15, 0.2) is 11.5 Å². The van der Waals surface area contributed by atoms with Crippen LogP contribution in [0.15, 0.2) is 42.7 Å². The monoisotopic (exact) mass is 399 g/mol. The van der Waals surface area contributed by atoms with Gasteiger partial charge in [0, 0.05) is 44.6 Å². The highest BCUT2D eigenvalue weighted by Crippen LogP contribution is 2.31. The van der Waals surface area contributed by atoms with E-state index in [1.807, 2.05) is 25.3 Å². The van der Waals surface area contributed by atoms with Crippen molar-refractivity contribution in [2.24, 2.45) is 0 Å². The Morgan fingerprint density at radius 1 is 1.30 bits per heavy atom. The molecule has 1 N–H and O–H groups in total. The maximum Gasteiger partial charge on any atom is 0.387 e. The third-order valence-corrected chi connectivity index (χ3v) is 4.33. The summed E-state index contributed by atoms with van der Waals surface area (Å²) in [7, 11) is 0. The van der Waals surface area contributed by atoms with Gasteiger partial charge in [0.1, 0.15) is 0 Å². The van der Waals surface area contributed by atoms with Gasteiger partial charge in [0.05, 0.1) is 6.61 Å². The van der Waals surface area contributed by atoms with Gasteiger partial charge in [0.2, 0.25) is 0 Å². The van der Waals surface area contributed by atoms with E-state index < -0.39 is 6.61 Å². The zero-order valence-electron chi connectivity index (χ0n) is 15.1. The molecule has 0 aliphatic carbocycles. The van der Waals surface area contributed by atoms with Crippen LogP contribution in [0.2, 0.25) is 0 Å². The van der Waals surface area contributed by atoms with Crippen LogP contribution in [0, 0.1) is 0 Å². The van der Waals surface area contributed by atoms with Crippen molar-refractivity contribution >= 4 is 12.4 Å². The first-order valence-electron chi connectivity index (χ1n) is 8.72. The molecule has 0 radical (unpaired) electrons. The van der Waals surface area contributed by atoms with Crippen LogP contribution in [0.4, 0.5) is 8.78 Å². The molecule has 1 unspecified atom stereocenters. The zero-order chi connectivity index (χ0) is 18.4. The highest BCUT2D eigenvalue weighted by molar-refractivity contribution is 5.85. The van der Waals surface area contributed by atoms with E-state index in [1.165, 1.54) is 0 Å². The van der Waals surface area contributed by atoms with Crippen molar-refractivity contribution in [2.45, 2.75) is 26.1 Å². The number of hydrogen-bond donors (Lipinski definition) is 1. The molecule has 1 aliphatic rings. The summed E-state index contributed by atoms with van der Waals surface area (Å²) in [6.07, 6.45) is 3.65. The summed E-state index contributed by atoms with van der Waals surface area (Å²) >= 11 is 0. The van der Waals surface area contributed by atoms with E-state index in [0.29, 0.717) is 18.9 Å². The van der Waals surface area contributed by atoms with Gasteiger partial charge in [0.25, 0.3) is 0 Å². The molecule has 2 aromatic rings. The molecule has 0 amide bonds. The van der Waals surface area contributed by atoms with Gasteiger partial charge < -0.3 is 14.8 Å². The smallest absolute Gasteiger partial charge is 0.387 e. The third-order valence-electron chi connectivity index (χ3n) is 4.33. The Morgan fingerprint density at radius 2 is 2.15 bits per heavy atom. The van der Waals surface area contributed by atoms with E-state index in [4.69, 9.17) is 4.74 Å². The lowest BCUT2D eigenvalue weighted by atomic mass is 10.0. The molecule has 8 heteroatoms. The molecule has 2 heterocycles. The number of nitrogens with one attached hydrogen (secondary N) is 1. The molecule has 1 atom stereocenters. The first-order valence-corrected chi connectivity index (χ1v) is 8.72. The molecular weight excluding hydrogens is 376 g/mol. The van der Waals surface area contributed by atoms with Crippen LogP contribution in [0.25, 0.3) is 0 Å². The lowest BCUT2D eigenvalue weighted by Crippen LogP contribution is -2.45. The lowest BCUT2D eigenvalue weighted by Gasteiger charge is -2.36. The van der Waals surface area contributed by atoms with Crippen molar-refractivity contribution in [3.8, 4) is 11.5 Å². The molecule has 0 spiro atoms. The Balaban J connectivity index is 0.00000261. The predicted octanol–water partition coefficient (Wildman–Crippen LogP) is 3.65.